The molecule has 1 amide bonds. The first-order valence-corrected chi connectivity index (χ1v) is 11.1. The molecule has 3 aromatic rings. The van der Waals surface area contributed by atoms with Gasteiger partial charge in [0, 0.05) is 5.69 Å². The Bertz CT molecular complexity index is 1100. The maximum atomic E-state index is 12.4. The van der Waals surface area contributed by atoms with Crippen molar-refractivity contribution < 1.29 is 17.9 Å². The maximum absolute atomic E-state index is 12.4. The zero-order chi connectivity index (χ0) is 20.9. The number of carbonyl (C=O) groups is 1. The van der Waals surface area contributed by atoms with Crippen LogP contribution in [0.15, 0.2) is 53.4 Å². The Hall–Kier alpha value is -2.98. The van der Waals surface area contributed by atoms with E-state index in [0.717, 1.165) is 10.6 Å². The van der Waals surface area contributed by atoms with Gasteiger partial charge in [0.25, 0.3) is 15.9 Å². The number of hydrogen-bond donors (Lipinski definition) is 2. The Kier molecular flexibility index (Phi) is 6.45. The van der Waals surface area contributed by atoms with Crippen molar-refractivity contribution in [3.8, 4) is 5.75 Å². The third kappa shape index (κ3) is 5.75. The monoisotopic (exact) mass is 432 g/mol. The van der Waals surface area contributed by atoms with Crippen LogP contribution in [0, 0.1) is 6.92 Å². The van der Waals surface area contributed by atoms with Crippen LogP contribution in [0.5, 0.6) is 5.75 Å². The molecular weight excluding hydrogens is 412 g/mol. The fourth-order valence-electron chi connectivity index (χ4n) is 2.38. The summed E-state index contributed by atoms with van der Waals surface area (Å²) in [6.45, 7) is 3.70. The molecule has 8 nitrogen and oxygen atoms in total. The van der Waals surface area contributed by atoms with E-state index in [-0.39, 0.29) is 22.5 Å². The highest BCUT2D eigenvalue weighted by Gasteiger charge is 2.17. The molecule has 29 heavy (non-hydrogen) atoms. The average Bonchev–Trinajstić information content (AvgIpc) is 3.14. The molecule has 0 saturated heterocycles. The molecule has 0 unspecified atom stereocenters. The predicted octanol–water partition coefficient (Wildman–Crippen LogP) is 3.23. The second-order valence-electron chi connectivity index (χ2n) is 6.14. The number of amides is 1. The first-order chi connectivity index (χ1) is 13.9. The number of hydrogen-bond acceptors (Lipinski definition) is 7. The smallest absolute Gasteiger partial charge is 0.263 e. The Morgan fingerprint density at radius 2 is 1.90 bits per heavy atom. The van der Waals surface area contributed by atoms with Gasteiger partial charge in [0.15, 0.2) is 6.61 Å². The minimum atomic E-state index is -3.78. The van der Waals surface area contributed by atoms with Crippen molar-refractivity contribution in [2.45, 2.75) is 25.2 Å². The number of benzene rings is 2. The largest absolute Gasteiger partial charge is 0.484 e. The van der Waals surface area contributed by atoms with Crippen LogP contribution in [0.3, 0.4) is 0 Å². The van der Waals surface area contributed by atoms with E-state index < -0.39 is 10.0 Å². The molecular formula is C19H20N4O4S2. The van der Waals surface area contributed by atoms with Crippen molar-refractivity contribution in [3.63, 3.8) is 0 Å². The molecule has 1 heterocycles. The molecule has 0 aliphatic carbocycles. The van der Waals surface area contributed by atoms with Gasteiger partial charge in [-0.1, -0.05) is 30.4 Å². The number of nitrogens with zero attached hydrogens (tertiary/aromatic N) is 2. The Balaban J connectivity index is 1.58. The van der Waals surface area contributed by atoms with Gasteiger partial charge in [0.1, 0.15) is 10.8 Å². The van der Waals surface area contributed by atoms with Crippen molar-refractivity contribution in [2.75, 3.05) is 16.6 Å². The molecule has 2 aromatic carbocycles. The number of aryl methyl sites for hydroxylation is 2. The summed E-state index contributed by atoms with van der Waals surface area (Å²) in [6, 6.07) is 13.2. The lowest BCUT2D eigenvalue weighted by Gasteiger charge is -2.09. The number of rotatable bonds is 8. The summed E-state index contributed by atoms with van der Waals surface area (Å²) in [4.78, 5) is 12.1. The zero-order valence-corrected chi connectivity index (χ0v) is 17.5. The van der Waals surface area contributed by atoms with E-state index >= 15 is 0 Å². The highest BCUT2D eigenvalue weighted by Crippen LogP contribution is 2.21. The van der Waals surface area contributed by atoms with E-state index in [9.17, 15) is 13.2 Å². The Morgan fingerprint density at radius 3 is 2.55 bits per heavy atom. The van der Waals surface area contributed by atoms with Crippen LogP contribution in [0.25, 0.3) is 0 Å². The minimum Gasteiger partial charge on any atom is -0.484 e. The highest BCUT2D eigenvalue weighted by molar-refractivity contribution is 7.93. The number of sulfonamides is 1. The third-order valence-electron chi connectivity index (χ3n) is 3.80. The van der Waals surface area contributed by atoms with Crippen molar-refractivity contribution in [1.29, 1.82) is 0 Å². The van der Waals surface area contributed by atoms with Crippen molar-refractivity contribution in [2.24, 2.45) is 0 Å². The van der Waals surface area contributed by atoms with E-state index in [1.165, 1.54) is 35.6 Å². The van der Waals surface area contributed by atoms with Crippen LogP contribution in [0.1, 0.15) is 17.5 Å². The Morgan fingerprint density at radius 1 is 1.14 bits per heavy atom. The summed E-state index contributed by atoms with van der Waals surface area (Å²) in [5, 5.41) is 11.3. The summed E-state index contributed by atoms with van der Waals surface area (Å²) in [7, 11) is -3.78. The van der Waals surface area contributed by atoms with Gasteiger partial charge < -0.3 is 10.1 Å². The quantitative estimate of drug-likeness (QED) is 0.565. The van der Waals surface area contributed by atoms with Gasteiger partial charge in [-0.3, -0.25) is 9.52 Å². The van der Waals surface area contributed by atoms with Crippen LogP contribution in [-0.4, -0.2) is 31.1 Å². The summed E-state index contributed by atoms with van der Waals surface area (Å²) in [6.07, 6.45) is 0.682. The standard InChI is InChI=1S/C19H20N4O4S2/c1-3-18-21-22-19(28-18)23-29(25,26)16-9-7-14(8-10-16)20-17(24)12-27-15-6-4-5-13(2)11-15/h4-11H,3,12H2,1-2H3,(H,20,24)(H,22,23). The lowest BCUT2D eigenvalue weighted by atomic mass is 10.2. The van der Waals surface area contributed by atoms with Gasteiger partial charge in [-0.2, -0.15) is 0 Å². The molecule has 0 aliphatic heterocycles. The third-order valence-corrected chi connectivity index (χ3v) is 6.27. The van der Waals surface area contributed by atoms with Crippen molar-refractivity contribution >= 4 is 38.1 Å². The number of anilines is 2. The van der Waals surface area contributed by atoms with Gasteiger partial charge in [-0.05, 0) is 55.3 Å². The van der Waals surface area contributed by atoms with Crippen LogP contribution in [-0.2, 0) is 21.2 Å². The fraction of sp³-hybridized carbons (Fsp3) is 0.211. The van der Waals surface area contributed by atoms with Gasteiger partial charge in [0.05, 0.1) is 4.90 Å². The molecule has 1 aromatic heterocycles. The van der Waals surface area contributed by atoms with Crippen LogP contribution < -0.4 is 14.8 Å². The van der Waals surface area contributed by atoms with Crippen LogP contribution in [0.4, 0.5) is 10.8 Å². The molecule has 152 valence electrons. The molecule has 0 saturated carbocycles. The fourth-order valence-corrected chi connectivity index (χ4v) is 4.29. The summed E-state index contributed by atoms with van der Waals surface area (Å²) in [5.41, 5.74) is 1.50. The topological polar surface area (TPSA) is 110 Å². The van der Waals surface area contributed by atoms with Crippen molar-refractivity contribution in [1.82, 2.24) is 10.2 Å². The molecule has 0 atom stereocenters. The molecule has 2 N–H and O–H groups in total. The maximum Gasteiger partial charge on any atom is 0.263 e. The first-order valence-electron chi connectivity index (χ1n) is 8.80. The first kappa shape index (κ1) is 20.7. The SMILES string of the molecule is CCc1nnc(NS(=O)(=O)c2ccc(NC(=O)COc3cccc(C)c3)cc2)s1. The van der Waals surface area contributed by atoms with E-state index in [2.05, 4.69) is 20.2 Å². The molecule has 0 fully saturated rings. The van der Waals surface area contributed by atoms with Gasteiger partial charge >= 0.3 is 0 Å². The van der Waals surface area contributed by atoms with E-state index in [1.807, 2.05) is 32.0 Å². The Labute approximate surface area is 173 Å². The number of ether oxygens (including phenoxy) is 1. The van der Waals surface area contributed by atoms with Crippen molar-refractivity contribution in [3.05, 3.63) is 59.1 Å². The average molecular weight is 433 g/mol. The number of carbonyl (C=O) groups excluding carboxylic acids is 1. The van der Waals surface area contributed by atoms with Gasteiger partial charge in [-0.15, -0.1) is 10.2 Å². The normalized spacial score (nSPS) is 11.1. The lowest BCUT2D eigenvalue weighted by Crippen LogP contribution is -2.20. The summed E-state index contributed by atoms with van der Waals surface area (Å²) >= 11 is 1.19. The predicted molar refractivity (Wildman–Crippen MR) is 112 cm³/mol. The molecule has 3 rings (SSSR count). The second kappa shape index (κ2) is 9.01. The second-order valence-corrected chi connectivity index (χ2v) is 8.88. The van der Waals surface area contributed by atoms with E-state index in [0.29, 0.717) is 17.9 Å². The summed E-state index contributed by atoms with van der Waals surface area (Å²) in [5.74, 6) is 0.261. The molecule has 0 aliphatic rings. The molecule has 0 radical (unpaired) electrons. The number of nitrogens with one attached hydrogen (secondary N) is 2. The van der Waals surface area contributed by atoms with E-state index in [1.54, 1.807) is 6.07 Å². The number of aromatic nitrogens is 2. The van der Waals surface area contributed by atoms with Gasteiger partial charge in [-0.25, -0.2) is 8.42 Å². The van der Waals surface area contributed by atoms with Crippen LogP contribution in [0.2, 0.25) is 0 Å². The summed E-state index contributed by atoms with van der Waals surface area (Å²) < 4.78 is 32.7. The van der Waals surface area contributed by atoms with Gasteiger partial charge in [0.2, 0.25) is 5.13 Å². The molecule has 0 spiro atoms. The van der Waals surface area contributed by atoms with E-state index in [4.69, 9.17) is 4.74 Å². The zero-order valence-electron chi connectivity index (χ0n) is 15.9. The lowest BCUT2D eigenvalue weighted by molar-refractivity contribution is -0.118. The van der Waals surface area contributed by atoms with Crippen LogP contribution >= 0.6 is 11.3 Å². The molecule has 10 heteroatoms. The molecule has 0 bridgehead atoms. The minimum absolute atomic E-state index is 0.0553. The highest BCUT2D eigenvalue weighted by atomic mass is 32.2.